The van der Waals surface area contributed by atoms with E-state index in [9.17, 15) is 19.5 Å². The molecule has 0 fully saturated rings. The minimum Gasteiger partial charge on any atom is -0.550 e. The van der Waals surface area contributed by atoms with E-state index in [1.807, 2.05) is 30.3 Å². The molecule has 0 saturated carbocycles. The molecule has 1 aromatic heterocycles. The van der Waals surface area contributed by atoms with Crippen LogP contribution in [0.2, 0.25) is 0 Å². The summed E-state index contributed by atoms with van der Waals surface area (Å²) in [5, 5.41) is 13.8. The van der Waals surface area contributed by atoms with Crippen molar-refractivity contribution < 1.29 is 23.8 Å². The lowest BCUT2D eigenvalue weighted by molar-refractivity contribution is -0.305. The van der Waals surface area contributed by atoms with Crippen molar-refractivity contribution in [1.82, 2.24) is 5.32 Å². The number of rotatable bonds is 10. The fourth-order valence-corrected chi connectivity index (χ4v) is 3.09. The van der Waals surface area contributed by atoms with Crippen LogP contribution in [0.5, 0.6) is 5.75 Å². The van der Waals surface area contributed by atoms with E-state index in [0.29, 0.717) is 37.1 Å². The van der Waals surface area contributed by atoms with Gasteiger partial charge in [0.25, 0.3) is 5.91 Å². The van der Waals surface area contributed by atoms with E-state index in [1.165, 1.54) is 6.07 Å². The minimum absolute atomic E-state index is 0.0289. The first-order chi connectivity index (χ1) is 14.5. The van der Waals surface area contributed by atoms with E-state index in [1.54, 1.807) is 18.2 Å². The number of unbranched alkanes of at least 4 members (excludes halogenated alkanes) is 2. The summed E-state index contributed by atoms with van der Waals surface area (Å²) in [6, 6.07) is 16.1. The van der Waals surface area contributed by atoms with Crippen LogP contribution in [0.15, 0.2) is 63.8 Å². The second-order valence-corrected chi connectivity index (χ2v) is 6.82. The molecule has 3 rings (SSSR count). The molecule has 0 unspecified atom stereocenters. The number of amides is 1. The molecular formula is C23H22NO6-. The minimum atomic E-state index is -1.06. The molecule has 7 heteroatoms. The van der Waals surface area contributed by atoms with Gasteiger partial charge >= 0.3 is 5.63 Å². The van der Waals surface area contributed by atoms with Gasteiger partial charge in [0.05, 0.1) is 0 Å². The third kappa shape index (κ3) is 5.94. The van der Waals surface area contributed by atoms with Gasteiger partial charge in [0, 0.05) is 30.0 Å². The number of benzene rings is 2. The Kier molecular flexibility index (Phi) is 7.21. The smallest absolute Gasteiger partial charge is 0.336 e. The highest BCUT2D eigenvalue weighted by molar-refractivity contribution is 5.93. The molecule has 30 heavy (non-hydrogen) atoms. The van der Waals surface area contributed by atoms with Gasteiger partial charge in [-0.1, -0.05) is 36.8 Å². The Morgan fingerprint density at radius 2 is 1.80 bits per heavy atom. The number of carbonyl (C=O) groups excluding carboxylic acids is 2. The van der Waals surface area contributed by atoms with E-state index >= 15 is 0 Å². The van der Waals surface area contributed by atoms with Crippen LogP contribution in [0.25, 0.3) is 22.1 Å². The Hall–Kier alpha value is -3.61. The average molecular weight is 408 g/mol. The Bertz CT molecular complexity index is 1070. The molecule has 0 spiro atoms. The number of hydrogen-bond donors (Lipinski definition) is 1. The zero-order valence-corrected chi connectivity index (χ0v) is 16.4. The summed E-state index contributed by atoms with van der Waals surface area (Å²) in [6.45, 7) is 0.273. The summed E-state index contributed by atoms with van der Waals surface area (Å²) >= 11 is 0. The number of carboxylic acid groups (broad SMARTS) is 1. The second-order valence-electron chi connectivity index (χ2n) is 6.82. The summed E-state index contributed by atoms with van der Waals surface area (Å²) in [5.74, 6) is -0.927. The van der Waals surface area contributed by atoms with Crippen molar-refractivity contribution in [1.29, 1.82) is 0 Å². The number of carboxylic acids is 1. The molecule has 0 atom stereocenters. The van der Waals surface area contributed by atoms with Gasteiger partial charge in [0.15, 0.2) is 6.61 Å². The first-order valence-corrected chi connectivity index (χ1v) is 9.75. The maximum atomic E-state index is 12.0. The number of carbonyl (C=O) groups is 2. The monoisotopic (exact) mass is 408 g/mol. The number of hydrogen-bond acceptors (Lipinski definition) is 6. The fraction of sp³-hybridized carbons (Fsp3) is 0.261. The first kappa shape index (κ1) is 21.1. The largest absolute Gasteiger partial charge is 0.550 e. The molecule has 2 aromatic carbocycles. The molecule has 3 aromatic rings. The SMILES string of the molecule is O=C([O-])CCCCCNC(=O)COc1ccc2c(-c3ccccc3)cc(=O)oc2c1. The average Bonchev–Trinajstić information content (AvgIpc) is 2.74. The van der Waals surface area contributed by atoms with Crippen molar-refractivity contribution in [2.24, 2.45) is 0 Å². The number of aliphatic carboxylic acids is 1. The summed E-state index contributed by atoms with van der Waals surface area (Å²) in [4.78, 5) is 34.2. The van der Waals surface area contributed by atoms with Crippen LogP contribution in [0, 0.1) is 0 Å². The van der Waals surface area contributed by atoms with Gasteiger partial charge in [-0.2, -0.15) is 0 Å². The van der Waals surface area contributed by atoms with Crippen molar-refractivity contribution in [2.45, 2.75) is 25.7 Å². The van der Waals surface area contributed by atoms with Crippen molar-refractivity contribution in [3.8, 4) is 16.9 Å². The van der Waals surface area contributed by atoms with Crippen molar-refractivity contribution in [3.05, 3.63) is 65.0 Å². The van der Waals surface area contributed by atoms with Crippen LogP contribution >= 0.6 is 0 Å². The van der Waals surface area contributed by atoms with E-state index < -0.39 is 11.6 Å². The number of nitrogens with one attached hydrogen (secondary N) is 1. The lowest BCUT2D eigenvalue weighted by Crippen LogP contribution is -2.29. The molecule has 7 nitrogen and oxygen atoms in total. The van der Waals surface area contributed by atoms with Crippen LogP contribution in [0.4, 0.5) is 0 Å². The maximum absolute atomic E-state index is 12.0. The highest BCUT2D eigenvalue weighted by Gasteiger charge is 2.10. The predicted molar refractivity (Wildman–Crippen MR) is 110 cm³/mol. The zero-order valence-electron chi connectivity index (χ0n) is 16.4. The van der Waals surface area contributed by atoms with Gasteiger partial charge in [0.1, 0.15) is 11.3 Å². The van der Waals surface area contributed by atoms with E-state index in [-0.39, 0.29) is 18.9 Å². The number of fused-ring (bicyclic) bond motifs is 1. The second kappa shape index (κ2) is 10.2. The normalized spacial score (nSPS) is 10.7. The Morgan fingerprint density at radius 3 is 2.57 bits per heavy atom. The Balaban J connectivity index is 1.58. The van der Waals surface area contributed by atoms with Crippen LogP contribution < -0.4 is 20.8 Å². The standard InChI is InChI=1S/C23H23NO6/c25-21(24-12-6-2-5-9-22(26)27)15-29-17-10-11-18-19(16-7-3-1-4-8-16)14-23(28)30-20(18)13-17/h1,3-4,7-8,10-11,13-14H,2,5-6,9,12,15H2,(H,24,25)(H,26,27)/p-1. The predicted octanol–water partition coefficient (Wildman–Crippen LogP) is 2.27. The fourth-order valence-electron chi connectivity index (χ4n) is 3.09. The van der Waals surface area contributed by atoms with Crippen LogP contribution in [-0.4, -0.2) is 25.0 Å². The first-order valence-electron chi connectivity index (χ1n) is 9.75. The molecule has 0 aliphatic carbocycles. The molecule has 0 radical (unpaired) electrons. The molecule has 1 amide bonds. The maximum Gasteiger partial charge on any atom is 0.336 e. The molecular weight excluding hydrogens is 386 g/mol. The molecule has 1 heterocycles. The lowest BCUT2D eigenvalue weighted by Gasteiger charge is -2.10. The van der Waals surface area contributed by atoms with E-state index in [2.05, 4.69) is 5.32 Å². The molecule has 0 aliphatic rings. The molecule has 156 valence electrons. The third-order valence-electron chi connectivity index (χ3n) is 4.55. The summed E-state index contributed by atoms with van der Waals surface area (Å²) in [7, 11) is 0. The van der Waals surface area contributed by atoms with Crippen molar-refractivity contribution >= 4 is 22.8 Å². The van der Waals surface area contributed by atoms with Gasteiger partial charge in [-0.3, -0.25) is 4.79 Å². The molecule has 0 bridgehead atoms. The Labute approximate surface area is 173 Å². The third-order valence-corrected chi connectivity index (χ3v) is 4.55. The Morgan fingerprint density at radius 1 is 1.00 bits per heavy atom. The summed E-state index contributed by atoms with van der Waals surface area (Å²) in [6.07, 6.45) is 1.94. The quantitative estimate of drug-likeness (QED) is 0.407. The van der Waals surface area contributed by atoms with Crippen LogP contribution in [0.3, 0.4) is 0 Å². The van der Waals surface area contributed by atoms with Crippen LogP contribution in [0.1, 0.15) is 25.7 Å². The van der Waals surface area contributed by atoms with E-state index in [4.69, 9.17) is 9.15 Å². The molecule has 0 saturated heterocycles. The van der Waals surface area contributed by atoms with Gasteiger partial charge in [-0.05, 0) is 42.5 Å². The lowest BCUT2D eigenvalue weighted by atomic mass is 10.0. The van der Waals surface area contributed by atoms with Crippen LogP contribution in [-0.2, 0) is 9.59 Å². The van der Waals surface area contributed by atoms with E-state index in [0.717, 1.165) is 16.5 Å². The summed E-state index contributed by atoms with van der Waals surface area (Å²) < 4.78 is 10.8. The number of ether oxygens (including phenoxy) is 1. The molecule has 0 aliphatic heterocycles. The molecule has 1 N–H and O–H groups in total. The van der Waals surface area contributed by atoms with Gasteiger partial charge in [-0.25, -0.2) is 4.79 Å². The highest BCUT2D eigenvalue weighted by atomic mass is 16.5. The summed E-state index contributed by atoms with van der Waals surface area (Å²) in [5.41, 5.74) is 1.59. The topological polar surface area (TPSA) is 109 Å². The highest BCUT2D eigenvalue weighted by Crippen LogP contribution is 2.29. The zero-order chi connectivity index (χ0) is 21.3. The van der Waals surface area contributed by atoms with Crippen molar-refractivity contribution in [3.63, 3.8) is 0 Å². The van der Waals surface area contributed by atoms with Gasteiger partial charge < -0.3 is 24.4 Å². The van der Waals surface area contributed by atoms with Gasteiger partial charge in [0.2, 0.25) is 0 Å². The van der Waals surface area contributed by atoms with Gasteiger partial charge in [-0.15, -0.1) is 0 Å². The van der Waals surface area contributed by atoms with Crippen molar-refractivity contribution in [2.75, 3.05) is 13.2 Å².